The fourth-order valence-corrected chi connectivity index (χ4v) is 1.81. The molecule has 1 heterocycles. The summed E-state index contributed by atoms with van der Waals surface area (Å²) in [7, 11) is 0. The van der Waals surface area contributed by atoms with Gasteiger partial charge in [0.2, 0.25) is 11.9 Å². The average Bonchev–Trinajstić information content (AvgIpc) is 2.40. The second-order valence-electron chi connectivity index (χ2n) is 4.66. The third-order valence-electron chi connectivity index (χ3n) is 2.66. The molecule has 2 rings (SSSR count). The molecular formula is C14H18FN5O. The lowest BCUT2D eigenvalue weighted by Crippen LogP contribution is -2.21. The Bertz CT molecular complexity index is 603. The highest BCUT2D eigenvalue weighted by molar-refractivity contribution is 5.57. The molecule has 0 fully saturated rings. The first-order valence-electron chi connectivity index (χ1n) is 6.71. The third-order valence-corrected chi connectivity index (χ3v) is 2.66. The summed E-state index contributed by atoms with van der Waals surface area (Å²) in [6.07, 6.45) is -0.0689. The Morgan fingerprint density at radius 1 is 1.19 bits per heavy atom. The van der Waals surface area contributed by atoms with E-state index in [0.29, 0.717) is 12.5 Å². The lowest BCUT2D eigenvalue weighted by atomic mass is 10.3. The van der Waals surface area contributed by atoms with Gasteiger partial charge >= 0.3 is 6.01 Å². The van der Waals surface area contributed by atoms with Gasteiger partial charge in [0.15, 0.2) is 0 Å². The van der Waals surface area contributed by atoms with E-state index in [0.717, 1.165) is 5.69 Å². The van der Waals surface area contributed by atoms with E-state index >= 15 is 0 Å². The highest BCUT2D eigenvalue weighted by Gasteiger charge is 2.14. The molecule has 0 aliphatic heterocycles. The van der Waals surface area contributed by atoms with Crippen LogP contribution in [-0.2, 0) is 0 Å². The SMILES string of the molecule is CCN(c1ccc(F)cc1)c1nc(N)nc(OC(C)C)n1. The summed E-state index contributed by atoms with van der Waals surface area (Å²) in [4.78, 5) is 14.1. The normalized spacial score (nSPS) is 10.7. The predicted molar refractivity (Wildman–Crippen MR) is 79.1 cm³/mol. The van der Waals surface area contributed by atoms with E-state index in [-0.39, 0.29) is 23.9 Å². The van der Waals surface area contributed by atoms with Gasteiger partial charge < -0.3 is 15.4 Å². The number of benzene rings is 1. The molecule has 21 heavy (non-hydrogen) atoms. The summed E-state index contributed by atoms with van der Waals surface area (Å²) >= 11 is 0. The first-order chi connectivity index (χ1) is 9.99. The lowest BCUT2D eigenvalue weighted by molar-refractivity contribution is 0.222. The molecule has 1 aromatic carbocycles. The smallest absolute Gasteiger partial charge is 0.323 e. The molecule has 0 aliphatic rings. The Labute approximate surface area is 122 Å². The van der Waals surface area contributed by atoms with E-state index < -0.39 is 0 Å². The van der Waals surface area contributed by atoms with Crippen LogP contribution in [0.5, 0.6) is 6.01 Å². The molecule has 0 atom stereocenters. The molecule has 6 nitrogen and oxygen atoms in total. The van der Waals surface area contributed by atoms with Gasteiger partial charge in [-0.25, -0.2) is 4.39 Å². The maximum absolute atomic E-state index is 13.0. The quantitative estimate of drug-likeness (QED) is 0.912. The molecule has 2 N–H and O–H groups in total. The van der Waals surface area contributed by atoms with Gasteiger partial charge in [-0.3, -0.25) is 0 Å². The highest BCUT2D eigenvalue weighted by atomic mass is 19.1. The molecule has 112 valence electrons. The Balaban J connectivity index is 2.37. The zero-order valence-electron chi connectivity index (χ0n) is 12.2. The number of hydrogen-bond acceptors (Lipinski definition) is 6. The van der Waals surface area contributed by atoms with Crippen LogP contribution in [0.2, 0.25) is 0 Å². The summed E-state index contributed by atoms with van der Waals surface area (Å²) in [5.74, 6) is 0.150. The van der Waals surface area contributed by atoms with E-state index in [1.54, 1.807) is 17.0 Å². The molecule has 0 amide bonds. The van der Waals surface area contributed by atoms with Gasteiger partial charge in [-0.1, -0.05) is 0 Å². The van der Waals surface area contributed by atoms with Crippen LogP contribution in [0.25, 0.3) is 0 Å². The van der Waals surface area contributed by atoms with Crippen molar-refractivity contribution in [3.8, 4) is 6.01 Å². The fourth-order valence-electron chi connectivity index (χ4n) is 1.81. The largest absolute Gasteiger partial charge is 0.461 e. The van der Waals surface area contributed by atoms with Gasteiger partial charge in [0.05, 0.1) is 6.10 Å². The average molecular weight is 291 g/mol. The van der Waals surface area contributed by atoms with Crippen molar-refractivity contribution in [3.63, 3.8) is 0 Å². The van der Waals surface area contributed by atoms with E-state index in [1.807, 2.05) is 20.8 Å². The molecule has 0 unspecified atom stereocenters. The first-order valence-corrected chi connectivity index (χ1v) is 6.71. The van der Waals surface area contributed by atoms with Crippen LogP contribution in [0.1, 0.15) is 20.8 Å². The van der Waals surface area contributed by atoms with Crippen LogP contribution in [-0.4, -0.2) is 27.6 Å². The van der Waals surface area contributed by atoms with Crippen LogP contribution in [0.3, 0.4) is 0 Å². The van der Waals surface area contributed by atoms with Crippen molar-refractivity contribution < 1.29 is 9.13 Å². The third kappa shape index (κ3) is 3.77. The molecule has 2 aromatic rings. The summed E-state index contributed by atoms with van der Waals surface area (Å²) in [5.41, 5.74) is 6.46. The number of ether oxygens (including phenoxy) is 1. The van der Waals surface area contributed by atoms with E-state index in [1.165, 1.54) is 12.1 Å². The van der Waals surface area contributed by atoms with Crippen LogP contribution in [0.15, 0.2) is 24.3 Å². The van der Waals surface area contributed by atoms with E-state index in [9.17, 15) is 4.39 Å². The van der Waals surface area contributed by atoms with Gasteiger partial charge in [-0.2, -0.15) is 15.0 Å². The molecule has 7 heteroatoms. The van der Waals surface area contributed by atoms with Crippen molar-refractivity contribution in [2.45, 2.75) is 26.9 Å². The van der Waals surface area contributed by atoms with Crippen molar-refractivity contribution in [2.24, 2.45) is 0 Å². The zero-order valence-corrected chi connectivity index (χ0v) is 12.2. The van der Waals surface area contributed by atoms with Gasteiger partial charge in [-0.05, 0) is 45.0 Å². The van der Waals surface area contributed by atoms with Crippen molar-refractivity contribution in [3.05, 3.63) is 30.1 Å². The second-order valence-corrected chi connectivity index (χ2v) is 4.66. The molecular weight excluding hydrogens is 273 g/mol. The van der Waals surface area contributed by atoms with E-state index in [2.05, 4.69) is 15.0 Å². The number of hydrogen-bond donors (Lipinski definition) is 1. The Morgan fingerprint density at radius 3 is 2.43 bits per heavy atom. The number of rotatable bonds is 5. The van der Waals surface area contributed by atoms with Crippen LogP contribution in [0, 0.1) is 5.82 Å². The molecule has 1 aromatic heterocycles. The van der Waals surface area contributed by atoms with Gasteiger partial charge in [0.25, 0.3) is 0 Å². The summed E-state index contributed by atoms with van der Waals surface area (Å²) in [5, 5.41) is 0. The predicted octanol–water partition coefficient (Wildman–Crippen LogP) is 2.54. The minimum atomic E-state index is -0.297. The summed E-state index contributed by atoms with van der Waals surface area (Å²) in [6, 6.07) is 6.25. The number of nitrogens with two attached hydrogens (primary N) is 1. The minimum Gasteiger partial charge on any atom is -0.461 e. The zero-order chi connectivity index (χ0) is 15.4. The maximum atomic E-state index is 13.0. The van der Waals surface area contributed by atoms with Crippen molar-refractivity contribution in [2.75, 3.05) is 17.2 Å². The number of nitrogen functional groups attached to an aromatic ring is 1. The summed E-state index contributed by atoms with van der Waals surface area (Å²) < 4.78 is 18.5. The molecule has 0 aliphatic carbocycles. The number of halogens is 1. The molecule has 0 radical (unpaired) electrons. The van der Waals surface area contributed by atoms with Crippen molar-refractivity contribution >= 4 is 17.6 Å². The lowest BCUT2D eigenvalue weighted by Gasteiger charge is -2.21. The highest BCUT2D eigenvalue weighted by Crippen LogP contribution is 2.23. The topological polar surface area (TPSA) is 77.2 Å². The number of anilines is 3. The Morgan fingerprint density at radius 2 is 1.86 bits per heavy atom. The fraction of sp³-hybridized carbons (Fsp3) is 0.357. The monoisotopic (exact) mass is 291 g/mol. The Kier molecular flexibility index (Phi) is 4.52. The van der Waals surface area contributed by atoms with Gasteiger partial charge in [0.1, 0.15) is 5.82 Å². The summed E-state index contributed by atoms with van der Waals surface area (Å²) in [6.45, 7) is 6.27. The van der Waals surface area contributed by atoms with Crippen LogP contribution >= 0.6 is 0 Å². The van der Waals surface area contributed by atoms with Gasteiger partial charge in [0, 0.05) is 12.2 Å². The minimum absolute atomic E-state index is 0.0689. The van der Waals surface area contributed by atoms with Crippen molar-refractivity contribution in [1.82, 2.24) is 15.0 Å². The molecule has 0 bridgehead atoms. The van der Waals surface area contributed by atoms with E-state index in [4.69, 9.17) is 10.5 Å². The standard InChI is InChI=1S/C14H18FN5O/c1-4-20(11-7-5-10(15)6-8-11)13-17-12(16)18-14(19-13)21-9(2)3/h5-9H,4H2,1-3H3,(H2,16,17,18,19). The number of aromatic nitrogens is 3. The Hall–Kier alpha value is -2.44. The van der Waals surface area contributed by atoms with Crippen LogP contribution in [0.4, 0.5) is 22.0 Å². The molecule has 0 saturated heterocycles. The number of nitrogens with zero attached hydrogens (tertiary/aromatic N) is 4. The molecule has 0 spiro atoms. The second kappa shape index (κ2) is 6.34. The molecule has 0 saturated carbocycles. The van der Waals surface area contributed by atoms with Crippen molar-refractivity contribution in [1.29, 1.82) is 0 Å². The maximum Gasteiger partial charge on any atom is 0.323 e. The van der Waals surface area contributed by atoms with Gasteiger partial charge in [-0.15, -0.1) is 0 Å². The van der Waals surface area contributed by atoms with Crippen LogP contribution < -0.4 is 15.4 Å². The first kappa shape index (κ1) is 15.0.